The van der Waals surface area contributed by atoms with Crippen LogP contribution in [0.2, 0.25) is 0 Å². The molecular formula is C15H31NO2. The Labute approximate surface area is 113 Å². The average Bonchev–Trinajstić information content (AvgIpc) is 2.38. The van der Waals surface area contributed by atoms with E-state index in [1.54, 1.807) is 0 Å². The van der Waals surface area contributed by atoms with Crippen LogP contribution in [0.15, 0.2) is 0 Å². The van der Waals surface area contributed by atoms with Crippen LogP contribution in [0.3, 0.4) is 0 Å². The number of piperidine rings is 1. The van der Waals surface area contributed by atoms with Gasteiger partial charge in [-0.3, -0.25) is 0 Å². The van der Waals surface area contributed by atoms with Crippen molar-refractivity contribution in [1.29, 1.82) is 0 Å². The minimum absolute atomic E-state index is 0.0144. The van der Waals surface area contributed by atoms with E-state index < -0.39 is 0 Å². The first-order valence-electron chi connectivity index (χ1n) is 7.59. The van der Waals surface area contributed by atoms with Crippen LogP contribution < -0.4 is 0 Å². The quantitative estimate of drug-likeness (QED) is 0.623. The fraction of sp³-hybridized carbons (Fsp3) is 1.00. The van der Waals surface area contributed by atoms with Crippen molar-refractivity contribution in [3.05, 3.63) is 0 Å². The summed E-state index contributed by atoms with van der Waals surface area (Å²) in [4.78, 5) is 2.56. The molecule has 1 rings (SSSR count). The van der Waals surface area contributed by atoms with Crippen molar-refractivity contribution in [3.8, 4) is 0 Å². The molecule has 3 nitrogen and oxygen atoms in total. The first-order valence-corrected chi connectivity index (χ1v) is 7.59. The second-order valence-corrected chi connectivity index (χ2v) is 5.63. The molecule has 0 atom stereocenters. The van der Waals surface area contributed by atoms with Gasteiger partial charge in [-0.05, 0) is 45.2 Å². The van der Waals surface area contributed by atoms with Crippen LogP contribution >= 0.6 is 0 Å². The lowest BCUT2D eigenvalue weighted by atomic mass is 9.78. The van der Waals surface area contributed by atoms with Gasteiger partial charge in [-0.25, -0.2) is 0 Å². The van der Waals surface area contributed by atoms with Gasteiger partial charge in [0, 0.05) is 26.2 Å². The highest BCUT2D eigenvalue weighted by atomic mass is 16.7. The maximum absolute atomic E-state index is 5.59. The summed E-state index contributed by atoms with van der Waals surface area (Å²) in [7, 11) is 0. The zero-order valence-electron chi connectivity index (χ0n) is 12.7. The third kappa shape index (κ3) is 5.25. The summed E-state index contributed by atoms with van der Waals surface area (Å²) in [6.45, 7) is 13.8. The maximum Gasteiger partial charge on any atom is 0.158 e. The Balaban J connectivity index is 2.23. The molecule has 0 saturated carbocycles. The summed E-state index contributed by atoms with van der Waals surface area (Å²) >= 11 is 0. The normalized spacial score (nSPS) is 20.5. The molecular weight excluding hydrogens is 226 g/mol. The molecule has 1 heterocycles. The zero-order chi connectivity index (χ0) is 13.4. The standard InChI is InChI=1S/C15H31NO2/c1-5-15(4)9-12-16(13-10-15)11-8-14(17-6-2)18-7-3/h14H,5-13H2,1-4H3. The minimum atomic E-state index is -0.0144. The summed E-state index contributed by atoms with van der Waals surface area (Å²) < 4.78 is 11.2. The lowest BCUT2D eigenvalue weighted by Gasteiger charge is -2.39. The highest BCUT2D eigenvalue weighted by Crippen LogP contribution is 2.33. The largest absolute Gasteiger partial charge is 0.353 e. The molecule has 3 heteroatoms. The lowest BCUT2D eigenvalue weighted by Crippen LogP contribution is -2.40. The van der Waals surface area contributed by atoms with Crippen molar-refractivity contribution >= 4 is 0 Å². The number of hydrogen-bond donors (Lipinski definition) is 0. The molecule has 0 N–H and O–H groups in total. The van der Waals surface area contributed by atoms with Crippen molar-refractivity contribution in [3.63, 3.8) is 0 Å². The molecule has 1 saturated heterocycles. The summed E-state index contributed by atoms with van der Waals surface area (Å²) in [5, 5.41) is 0. The fourth-order valence-electron chi connectivity index (χ4n) is 2.54. The monoisotopic (exact) mass is 257 g/mol. The highest BCUT2D eigenvalue weighted by molar-refractivity contribution is 4.81. The second kappa shape index (κ2) is 8.13. The molecule has 0 aromatic heterocycles. The highest BCUT2D eigenvalue weighted by Gasteiger charge is 2.28. The van der Waals surface area contributed by atoms with Crippen LogP contribution in [-0.4, -0.2) is 44.0 Å². The van der Waals surface area contributed by atoms with Crippen LogP contribution in [0.1, 0.15) is 53.4 Å². The van der Waals surface area contributed by atoms with Gasteiger partial charge in [-0.2, -0.15) is 0 Å². The Bertz CT molecular complexity index is 207. The van der Waals surface area contributed by atoms with Crippen LogP contribution in [0, 0.1) is 5.41 Å². The van der Waals surface area contributed by atoms with Gasteiger partial charge in [0.2, 0.25) is 0 Å². The van der Waals surface area contributed by atoms with Crippen molar-refractivity contribution in [2.24, 2.45) is 5.41 Å². The Morgan fingerprint density at radius 1 is 1.06 bits per heavy atom. The van der Waals surface area contributed by atoms with Crippen molar-refractivity contribution < 1.29 is 9.47 Å². The van der Waals surface area contributed by atoms with E-state index in [2.05, 4.69) is 18.7 Å². The summed E-state index contributed by atoms with van der Waals surface area (Å²) in [6, 6.07) is 0. The lowest BCUT2D eigenvalue weighted by molar-refractivity contribution is -0.142. The second-order valence-electron chi connectivity index (χ2n) is 5.63. The Morgan fingerprint density at radius 2 is 1.61 bits per heavy atom. The number of likely N-dealkylation sites (tertiary alicyclic amines) is 1. The zero-order valence-corrected chi connectivity index (χ0v) is 12.7. The van der Waals surface area contributed by atoms with Gasteiger partial charge in [-0.15, -0.1) is 0 Å². The van der Waals surface area contributed by atoms with Crippen molar-refractivity contribution in [1.82, 2.24) is 4.90 Å². The minimum Gasteiger partial charge on any atom is -0.353 e. The van der Waals surface area contributed by atoms with Crippen LogP contribution in [0.5, 0.6) is 0 Å². The predicted molar refractivity (Wildman–Crippen MR) is 75.7 cm³/mol. The molecule has 1 aliphatic rings. The first kappa shape index (κ1) is 15.9. The fourth-order valence-corrected chi connectivity index (χ4v) is 2.54. The van der Waals surface area contributed by atoms with Crippen molar-refractivity contribution in [2.75, 3.05) is 32.8 Å². The molecule has 0 amide bonds. The van der Waals surface area contributed by atoms with E-state index in [0.29, 0.717) is 5.41 Å². The van der Waals surface area contributed by atoms with E-state index in [1.807, 2.05) is 13.8 Å². The molecule has 0 spiro atoms. The summed E-state index contributed by atoms with van der Waals surface area (Å²) in [5.41, 5.74) is 0.579. The molecule has 108 valence electrons. The van der Waals surface area contributed by atoms with Crippen LogP contribution in [0.25, 0.3) is 0 Å². The Morgan fingerprint density at radius 3 is 2.06 bits per heavy atom. The molecule has 0 radical (unpaired) electrons. The van der Waals surface area contributed by atoms with E-state index in [0.717, 1.165) is 26.2 Å². The molecule has 18 heavy (non-hydrogen) atoms. The van der Waals surface area contributed by atoms with E-state index in [4.69, 9.17) is 9.47 Å². The molecule has 1 aliphatic heterocycles. The maximum atomic E-state index is 5.59. The SMILES string of the molecule is CCOC(CCN1CCC(C)(CC)CC1)OCC. The van der Waals surface area contributed by atoms with Crippen molar-refractivity contribution in [2.45, 2.75) is 59.7 Å². The number of hydrogen-bond acceptors (Lipinski definition) is 3. The van der Waals surface area contributed by atoms with Gasteiger partial charge in [0.15, 0.2) is 6.29 Å². The summed E-state index contributed by atoms with van der Waals surface area (Å²) in [6.07, 6.45) is 4.94. The molecule has 0 aliphatic carbocycles. The smallest absolute Gasteiger partial charge is 0.158 e. The molecule has 0 aromatic carbocycles. The van der Waals surface area contributed by atoms with Crippen LogP contribution in [-0.2, 0) is 9.47 Å². The van der Waals surface area contributed by atoms with Crippen LogP contribution in [0.4, 0.5) is 0 Å². The number of rotatable bonds is 8. The van der Waals surface area contributed by atoms with E-state index in [-0.39, 0.29) is 6.29 Å². The predicted octanol–water partition coefficient (Wildman–Crippen LogP) is 3.29. The van der Waals surface area contributed by atoms with Gasteiger partial charge in [0.1, 0.15) is 0 Å². The van der Waals surface area contributed by atoms with Gasteiger partial charge in [0.05, 0.1) is 0 Å². The van der Waals surface area contributed by atoms with Gasteiger partial charge >= 0.3 is 0 Å². The first-order chi connectivity index (χ1) is 8.63. The van der Waals surface area contributed by atoms with Gasteiger partial charge < -0.3 is 14.4 Å². The molecule has 0 unspecified atom stereocenters. The van der Waals surface area contributed by atoms with Gasteiger partial charge in [0.25, 0.3) is 0 Å². The number of ether oxygens (including phenoxy) is 2. The van der Waals surface area contributed by atoms with E-state index in [1.165, 1.54) is 32.4 Å². The summed E-state index contributed by atoms with van der Waals surface area (Å²) in [5.74, 6) is 0. The Kier molecular flexibility index (Phi) is 7.20. The third-order valence-corrected chi connectivity index (χ3v) is 4.30. The van der Waals surface area contributed by atoms with Gasteiger partial charge in [-0.1, -0.05) is 20.3 Å². The average molecular weight is 257 g/mol. The topological polar surface area (TPSA) is 21.7 Å². The van der Waals surface area contributed by atoms with E-state index >= 15 is 0 Å². The molecule has 1 fully saturated rings. The number of nitrogens with zero attached hydrogens (tertiary/aromatic N) is 1. The van der Waals surface area contributed by atoms with E-state index in [9.17, 15) is 0 Å². The third-order valence-electron chi connectivity index (χ3n) is 4.30. The Hall–Kier alpha value is -0.120. The molecule has 0 aromatic rings. The molecule has 0 bridgehead atoms.